The number of nitrogens with one attached hydrogen (secondary N) is 1. The summed E-state index contributed by atoms with van der Waals surface area (Å²) in [5.41, 5.74) is 1.67. The standard InChI is InChI=1S/C21H20Cl2F3N5O2/c1-10-19(33-21(25,26)11(2)24)29-30(3)20(10)31-9-13(8-27-31)12-6-15(17(23)16(22)7-12)18(32)28-14-4-5-14/h6-9,11,14H,4-5H2,1-3H3,(H,28,32). The van der Waals surface area contributed by atoms with Crippen molar-refractivity contribution in [2.45, 2.75) is 45.0 Å². The summed E-state index contributed by atoms with van der Waals surface area (Å²) in [4.78, 5) is 12.5. The van der Waals surface area contributed by atoms with Crippen LogP contribution in [-0.2, 0) is 7.05 Å². The number of hydrogen-bond acceptors (Lipinski definition) is 4. The third-order valence-electron chi connectivity index (χ3n) is 5.22. The van der Waals surface area contributed by atoms with Gasteiger partial charge < -0.3 is 10.1 Å². The molecule has 1 amide bonds. The van der Waals surface area contributed by atoms with Gasteiger partial charge in [0.2, 0.25) is 12.1 Å². The Morgan fingerprint density at radius 1 is 1.30 bits per heavy atom. The van der Waals surface area contributed by atoms with Crippen molar-refractivity contribution in [2.75, 3.05) is 0 Å². The monoisotopic (exact) mass is 501 g/mol. The average molecular weight is 502 g/mol. The SMILES string of the molecule is Cc1c(OC(F)(F)C(C)F)nn(C)c1-n1cc(-c2cc(Cl)c(Cl)c(C(=O)NC3CC3)c2)cn1. The minimum atomic E-state index is -4.02. The summed E-state index contributed by atoms with van der Waals surface area (Å²) in [6, 6.07) is 3.37. The van der Waals surface area contributed by atoms with Crippen molar-refractivity contribution in [2.24, 2.45) is 7.05 Å². The summed E-state index contributed by atoms with van der Waals surface area (Å²) >= 11 is 12.5. The van der Waals surface area contributed by atoms with E-state index in [2.05, 4.69) is 20.3 Å². The van der Waals surface area contributed by atoms with Gasteiger partial charge in [0, 0.05) is 24.8 Å². The van der Waals surface area contributed by atoms with Crippen molar-refractivity contribution in [3.8, 4) is 22.8 Å². The number of benzene rings is 1. The quantitative estimate of drug-likeness (QED) is 0.488. The molecule has 12 heteroatoms. The van der Waals surface area contributed by atoms with E-state index in [0.717, 1.165) is 12.8 Å². The molecule has 1 fully saturated rings. The van der Waals surface area contributed by atoms with Crippen LogP contribution >= 0.6 is 23.2 Å². The van der Waals surface area contributed by atoms with Crippen LogP contribution in [0.25, 0.3) is 16.9 Å². The number of carbonyl (C=O) groups excluding carboxylic acids is 1. The minimum Gasteiger partial charge on any atom is -0.410 e. The van der Waals surface area contributed by atoms with E-state index in [1.807, 2.05) is 0 Å². The average Bonchev–Trinajstić information content (AvgIpc) is 3.34. The van der Waals surface area contributed by atoms with Crippen LogP contribution in [0.15, 0.2) is 24.5 Å². The lowest BCUT2D eigenvalue weighted by Crippen LogP contribution is -2.34. The zero-order valence-electron chi connectivity index (χ0n) is 17.9. The topological polar surface area (TPSA) is 74.0 Å². The first-order valence-corrected chi connectivity index (χ1v) is 10.8. The predicted octanol–water partition coefficient (Wildman–Crippen LogP) is 5.11. The van der Waals surface area contributed by atoms with Crippen LogP contribution < -0.4 is 10.1 Å². The third-order valence-corrected chi connectivity index (χ3v) is 6.02. The maximum atomic E-state index is 13.7. The molecule has 2 aromatic heterocycles. The molecule has 0 aliphatic heterocycles. The normalized spacial score (nSPS) is 14.9. The van der Waals surface area contributed by atoms with Gasteiger partial charge in [-0.15, -0.1) is 5.10 Å². The van der Waals surface area contributed by atoms with Crippen molar-refractivity contribution in [3.05, 3.63) is 45.7 Å². The van der Waals surface area contributed by atoms with Crippen LogP contribution in [0, 0.1) is 6.92 Å². The maximum absolute atomic E-state index is 13.7. The van der Waals surface area contributed by atoms with Crippen LogP contribution in [0.2, 0.25) is 10.0 Å². The number of rotatable bonds is 7. The molecule has 1 saturated carbocycles. The highest BCUT2D eigenvalue weighted by molar-refractivity contribution is 6.44. The van der Waals surface area contributed by atoms with E-state index in [9.17, 15) is 18.0 Å². The molecular formula is C21H20Cl2F3N5O2. The van der Waals surface area contributed by atoms with Gasteiger partial charge in [-0.05, 0) is 44.4 Å². The Balaban J connectivity index is 1.66. The molecule has 1 atom stereocenters. The predicted molar refractivity (Wildman–Crippen MR) is 117 cm³/mol. The second-order valence-corrected chi connectivity index (χ2v) is 8.68. The van der Waals surface area contributed by atoms with Crippen LogP contribution in [0.3, 0.4) is 0 Å². The van der Waals surface area contributed by atoms with Gasteiger partial charge in [0.25, 0.3) is 5.91 Å². The van der Waals surface area contributed by atoms with E-state index < -0.39 is 18.2 Å². The smallest absolute Gasteiger partial charge is 0.410 e. The Morgan fingerprint density at radius 2 is 2.00 bits per heavy atom. The Hall–Kier alpha value is -2.72. The second kappa shape index (κ2) is 8.57. The fraction of sp³-hybridized carbons (Fsp3) is 0.381. The van der Waals surface area contributed by atoms with Gasteiger partial charge in [-0.1, -0.05) is 23.2 Å². The molecule has 1 aliphatic carbocycles. The fourth-order valence-electron chi connectivity index (χ4n) is 3.22. The Morgan fingerprint density at radius 3 is 2.64 bits per heavy atom. The Kier molecular flexibility index (Phi) is 6.09. The van der Waals surface area contributed by atoms with Gasteiger partial charge in [-0.2, -0.15) is 13.9 Å². The maximum Gasteiger partial charge on any atom is 0.430 e. The van der Waals surface area contributed by atoms with Gasteiger partial charge in [-0.3, -0.25) is 4.79 Å². The molecule has 1 N–H and O–H groups in total. The van der Waals surface area contributed by atoms with E-state index in [-0.39, 0.29) is 33.1 Å². The van der Waals surface area contributed by atoms with Crippen LogP contribution in [0.4, 0.5) is 13.2 Å². The molecule has 0 bridgehead atoms. The number of nitrogens with zero attached hydrogens (tertiary/aromatic N) is 4. The summed E-state index contributed by atoms with van der Waals surface area (Å²) in [5.74, 6) is -0.385. The van der Waals surface area contributed by atoms with Crippen molar-refractivity contribution < 1.29 is 22.7 Å². The lowest BCUT2D eigenvalue weighted by atomic mass is 10.1. The highest BCUT2D eigenvalue weighted by Crippen LogP contribution is 2.34. The lowest BCUT2D eigenvalue weighted by Gasteiger charge is -2.17. The van der Waals surface area contributed by atoms with Crippen LogP contribution in [-0.4, -0.2) is 43.8 Å². The van der Waals surface area contributed by atoms with Gasteiger partial charge in [0.15, 0.2) is 5.82 Å². The number of carbonyl (C=O) groups is 1. The van der Waals surface area contributed by atoms with Crippen LogP contribution in [0.1, 0.15) is 35.7 Å². The highest BCUT2D eigenvalue weighted by Gasteiger charge is 2.41. The summed E-state index contributed by atoms with van der Waals surface area (Å²) in [6.07, 6.45) is -1.55. The first-order chi connectivity index (χ1) is 15.5. The number of ether oxygens (including phenoxy) is 1. The molecule has 0 saturated heterocycles. The number of amides is 1. The van der Waals surface area contributed by atoms with Gasteiger partial charge >= 0.3 is 6.11 Å². The van der Waals surface area contributed by atoms with E-state index in [0.29, 0.717) is 23.9 Å². The molecule has 2 heterocycles. The molecule has 4 rings (SSSR count). The molecule has 1 aliphatic rings. The zero-order valence-corrected chi connectivity index (χ0v) is 19.4. The minimum absolute atomic E-state index is 0.149. The highest BCUT2D eigenvalue weighted by atomic mass is 35.5. The molecule has 33 heavy (non-hydrogen) atoms. The van der Waals surface area contributed by atoms with Crippen LogP contribution in [0.5, 0.6) is 5.88 Å². The molecule has 7 nitrogen and oxygen atoms in total. The molecule has 3 aromatic rings. The van der Waals surface area contributed by atoms with Gasteiger partial charge in [0.1, 0.15) is 0 Å². The van der Waals surface area contributed by atoms with Gasteiger partial charge in [-0.25, -0.2) is 13.8 Å². The molecule has 1 aromatic carbocycles. The van der Waals surface area contributed by atoms with E-state index in [1.165, 1.54) is 29.5 Å². The largest absolute Gasteiger partial charge is 0.430 e. The van der Waals surface area contributed by atoms with E-state index >= 15 is 0 Å². The summed E-state index contributed by atoms with van der Waals surface area (Å²) in [7, 11) is 1.52. The fourth-order valence-corrected chi connectivity index (χ4v) is 3.64. The third kappa shape index (κ3) is 4.67. The Labute approximate surface area is 197 Å². The van der Waals surface area contributed by atoms with E-state index in [1.54, 1.807) is 18.3 Å². The van der Waals surface area contributed by atoms with Crippen molar-refractivity contribution in [1.82, 2.24) is 24.9 Å². The molecule has 176 valence electrons. The number of aromatic nitrogens is 4. The number of halogens is 5. The van der Waals surface area contributed by atoms with Gasteiger partial charge in [0.05, 0.1) is 27.4 Å². The van der Waals surface area contributed by atoms with Crippen molar-refractivity contribution >= 4 is 29.1 Å². The first-order valence-electron chi connectivity index (χ1n) is 10.1. The Bertz CT molecular complexity index is 1220. The number of aryl methyl sites for hydroxylation is 1. The molecule has 0 spiro atoms. The molecular weight excluding hydrogens is 482 g/mol. The summed E-state index contributed by atoms with van der Waals surface area (Å²) < 4.78 is 47.8. The van der Waals surface area contributed by atoms with E-state index in [4.69, 9.17) is 23.2 Å². The second-order valence-electron chi connectivity index (χ2n) is 7.90. The summed E-state index contributed by atoms with van der Waals surface area (Å²) in [6.45, 7) is 2.22. The first kappa shape index (κ1) is 23.4. The summed E-state index contributed by atoms with van der Waals surface area (Å²) in [5, 5.41) is 11.4. The molecule has 0 radical (unpaired) electrons. The molecule has 1 unspecified atom stereocenters. The number of hydrogen-bond donors (Lipinski definition) is 1. The van der Waals surface area contributed by atoms with Crippen molar-refractivity contribution in [3.63, 3.8) is 0 Å². The lowest BCUT2D eigenvalue weighted by molar-refractivity contribution is -0.217. The van der Waals surface area contributed by atoms with Crippen molar-refractivity contribution in [1.29, 1.82) is 0 Å². The number of alkyl halides is 3. The zero-order chi connectivity index (χ0) is 24.1.